The Morgan fingerprint density at radius 3 is 2.60 bits per heavy atom. The van der Waals surface area contributed by atoms with Crippen LogP contribution in [-0.4, -0.2) is 52.1 Å². The molecule has 4 aromatic carbocycles. The number of fused-ring (bicyclic) bond motifs is 4. The highest BCUT2D eigenvalue weighted by molar-refractivity contribution is 6.30. The molecule has 5 aromatic rings. The maximum atomic E-state index is 15.0. The number of hydrogen-bond donors (Lipinski definition) is 2. The highest BCUT2D eigenvalue weighted by Gasteiger charge is 2.56. The Labute approximate surface area is 322 Å². The van der Waals surface area contributed by atoms with Crippen LogP contribution in [0.2, 0.25) is 5.02 Å². The standard InChI is InChI=1S/C43H41ClFN5O5/c1-24-18-26(19-32-38(24)48-41(52)43(32)13-14-43)40(51)46-28-7-9-35-34(21-28)47-37(50(35)22-29-12-17-53-29)23-49-15-10-25(11-16-49)30-4-3-5-36-39(30)55-42(2,54-36)31-8-6-27(44)20-33(31)45/h3-9,18-21,25,29H,10-17,22-23H2,1-2H3,(H,46,51)(H,48,52)/t29-,42?/m0/s1. The molecule has 1 spiro atoms. The molecule has 0 radical (unpaired) electrons. The molecule has 1 saturated carbocycles. The van der Waals surface area contributed by atoms with Crippen LogP contribution in [0.5, 0.6) is 11.5 Å². The zero-order valence-electron chi connectivity index (χ0n) is 30.7. The summed E-state index contributed by atoms with van der Waals surface area (Å²) in [4.78, 5) is 33.8. The molecule has 1 unspecified atom stereocenters. The van der Waals surface area contributed by atoms with Crippen LogP contribution in [-0.2, 0) is 33.8 Å². The van der Waals surface area contributed by atoms with E-state index in [1.165, 1.54) is 6.07 Å². The van der Waals surface area contributed by atoms with E-state index in [2.05, 4.69) is 26.2 Å². The van der Waals surface area contributed by atoms with E-state index >= 15 is 0 Å². The number of nitrogens with zero attached hydrogens (tertiary/aromatic N) is 3. The van der Waals surface area contributed by atoms with E-state index in [9.17, 15) is 14.0 Å². The number of likely N-dealkylation sites (tertiary alicyclic amines) is 1. The number of piperidine rings is 1. The summed E-state index contributed by atoms with van der Waals surface area (Å²) in [5.74, 6) is 0.566. The third-order valence-electron chi connectivity index (χ3n) is 12.2. The van der Waals surface area contributed by atoms with Crippen molar-refractivity contribution in [3.05, 3.63) is 111 Å². The van der Waals surface area contributed by atoms with Crippen molar-refractivity contribution in [1.29, 1.82) is 0 Å². The smallest absolute Gasteiger partial charge is 0.278 e. The quantitative estimate of drug-likeness (QED) is 0.164. The minimum atomic E-state index is -1.29. The minimum absolute atomic E-state index is 0.0397. The predicted octanol–water partition coefficient (Wildman–Crippen LogP) is 8.19. The van der Waals surface area contributed by atoms with Gasteiger partial charge >= 0.3 is 0 Å². The Bertz CT molecular complexity index is 2420. The fraction of sp³-hybridized carbons (Fsp3) is 0.372. The van der Waals surface area contributed by atoms with Crippen molar-refractivity contribution < 1.29 is 28.2 Å². The molecule has 10 nitrogen and oxygen atoms in total. The van der Waals surface area contributed by atoms with Crippen LogP contribution < -0.4 is 20.1 Å². The van der Waals surface area contributed by atoms with Gasteiger partial charge in [0.25, 0.3) is 11.7 Å². The van der Waals surface area contributed by atoms with Gasteiger partial charge in [0.15, 0.2) is 11.5 Å². The lowest BCUT2D eigenvalue weighted by atomic mass is 9.88. The molecule has 2 atom stereocenters. The number of aromatic nitrogens is 2. The van der Waals surface area contributed by atoms with E-state index in [0.717, 1.165) is 97.6 Å². The van der Waals surface area contributed by atoms with Crippen LogP contribution in [0, 0.1) is 12.7 Å². The number of amides is 2. The van der Waals surface area contributed by atoms with Crippen LogP contribution in [0.1, 0.15) is 83.4 Å². The number of carbonyl (C=O) groups excluding carboxylic acids is 2. The van der Waals surface area contributed by atoms with Gasteiger partial charge in [0.1, 0.15) is 11.6 Å². The summed E-state index contributed by atoms with van der Waals surface area (Å²) in [5.41, 5.74) is 6.62. The summed E-state index contributed by atoms with van der Waals surface area (Å²) < 4.78 is 35.7. The van der Waals surface area contributed by atoms with Gasteiger partial charge in [-0.3, -0.25) is 14.5 Å². The first-order chi connectivity index (χ1) is 26.6. The first kappa shape index (κ1) is 34.5. The molecule has 1 aromatic heterocycles. The summed E-state index contributed by atoms with van der Waals surface area (Å²) in [6, 6.07) is 20.1. The molecular formula is C43H41ClFN5O5. The van der Waals surface area contributed by atoms with E-state index < -0.39 is 17.0 Å². The lowest BCUT2D eigenvalue weighted by molar-refractivity contribution is -0.117. The average molecular weight is 762 g/mol. The van der Waals surface area contributed by atoms with Gasteiger partial charge in [-0.25, -0.2) is 9.37 Å². The van der Waals surface area contributed by atoms with Crippen LogP contribution in [0.3, 0.4) is 0 Å². The van der Waals surface area contributed by atoms with Crippen molar-refractivity contribution in [2.75, 3.05) is 30.3 Å². The molecule has 0 bridgehead atoms. The zero-order chi connectivity index (χ0) is 37.6. The molecule has 2 saturated heterocycles. The Hall–Kier alpha value is -4.97. The predicted molar refractivity (Wildman–Crippen MR) is 206 cm³/mol. The number of para-hydroxylation sites is 1. The van der Waals surface area contributed by atoms with Gasteiger partial charge in [-0.1, -0.05) is 23.7 Å². The van der Waals surface area contributed by atoms with Crippen molar-refractivity contribution >= 4 is 45.8 Å². The first-order valence-electron chi connectivity index (χ1n) is 19.1. The molecule has 10 rings (SSSR count). The Balaban J connectivity index is 0.850. The van der Waals surface area contributed by atoms with E-state index in [0.29, 0.717) is 39.9 Å². The second-order valence-electron chi connectivity index (χ2n) is 15.8. The molecule has 282 valence electrons. The van der Waals surface area contributed by atoms with Crippen molar-refractivity contribution in [3.8, 4) is 11.5 Å². The Kier molecular flexibility index (Phi) is 8.03. The van der Waals surface area contributed by atoms with Crippen molar-refractivity contribution in [1.82, 2.24) is 14.5 Å². The van der Waals surface area contributed by atoms with Gasteiger partial charge in [-0.15, -0.1) is 0 Å². The maximum absolute atomic E-state index is 15.0. The summed E-state index contributed by atoms with van der Waals surface area (Å²) >= 11 is 6.02. The van der Waals surface area contributed by atoms with E-state index in [-0.39, 0.29) is 23.8 Å². The first-order valence-corrected chi connectivity index (χ1v) is 19.5. The van der Waals surface area contributed by atoms with Crippen molar-refractivity contribution in [3.63, 3.8) is 0 Å². The second kappa shape index (κ2) is 12.8. The molecular weight excluding hydrogens is 721 g/mol. The van der Waals surface area contributed by atoms with Gasteiger partial charge in [0, 0.05) is 41.1 Å². The van der Waals surface area contributed by atoms with Crippen LogP contribution in [0.25, 0.3) is 11.0 Å². The number of hydrogen-bond acceptors (Lipinski definition) is 7. The van der Waals surface area contributed by atoms with Crippen LogP contribution in [0.15, 0.2) is 66.7 Å². The SMILES string of the molecule is Cc1cc(C(=O)Nc2ccc3c(c2)nc(CN2CCC(c4cccc5c4OC(C)(c4ccc(Cl)cc4F)O5)CC2)n3C[C@@H]2CCO2)cc2c1NC(=O)C21CC1. The molecule has 2 amide bonds. The van der Waals surface area contributed by atoms with Gasteiger partial charge in [0.05, 0.1) is 41.2 Å². The average Bonchev–Trinajstić information content (AvgIpc) is 3.68. The molecule has 5 heterocycles. The maximum Gasteiger partial charge on any atom is 0.278 e. The molecule has 5 aliphatic rings. The number of ether oxygens (including phenoxy) is 3. The second-order valence-corrected chi connectivity index (χ2v) is 16.3. The van der Waals surface area contributed by atoms with Gasteiger partial charge in [0.2, 0.25) is 5.91 Å². The highest BCUT2D eigenvalue weighted by atomic mass is 35.5. The molecule has 12 heteroatoms. The molecule has 1 aliphatic carbocycles. The zero-order valence-corrected chi connectivity index (χ0v) is 31.5. The normalized spacial score (nSPS) is 22.5. The van der Waals surface area contributed by atoms with E-state index in [4.69, 9.17) is 30.8 Å². The number of carbonyl (C=O) groups is 2. The summed E-state index contributed by atoms with van der Waals surface area (Å²) in [7, 11) is 0. The number of benzene rings is 4. The number of anilines is 2. The van der Waals surface area contributed by atoms with Crippen LogP contribution in [0.4, 0.5) is 15.8 Å². The third kappa shape index (κ3) is 5.86. The van der Waals surface area contributed by atoms with Gasteiger partial charge < -0.3 is 29.4 Å². The Morgan fingerprint density at radius 1 is 1.04 bits per heavy atom. The fourth-order valence-electron chi connectivity index (χ4n) is 8.89. The van der Waals surface area contributed by atoms with Gasteiger partial charge in [-0.2, -0.15) is 0 Å². The number of aryl methyl sites for hydroxylation is 1. The molecule has 4 aliphatic heterocycles. The number of nitrogens with one attached hydrogen (secondary N) is 2. The lowest BCUT2D eigenvalue weighted by Gasteiger charge is -2.33. The van der Waals surface area contributed by atoms with Crippen molar-refractivity contribution in [2.24, 2.45) is 0 Å². The summed E-state index contributed by atoms with van der Waals surface area (Å²) in [5, 5.41) is 6.43. The number of halogens is 2. The monoisotopic (exact) mass is 761 g/mol. The lowest BCUT2D eigenvalue weighted by Crippen LogP contribution is -2.35. The number of rotatable bonds is 8. The summed E-state index contributed by atoms with van der Waals surface area (Å²) in [6.45, 7) is 7.58. The van der Waals surface area contributed by atoms with E-state index in [1.54, 1.807) is 19.1 Å². The largest absolute Gasteiger partial charge is 0.444 e. The molecule has 3 fully saturated rings. The highest BCUT2D eigenvalue weighted by Crippen LogP contribution is 2.56. The molecule has 55 heavy (non-hydrogen) atoms. The van der Waals surface area contributed by atoms with E-state index in [1.807, 2.05) is 49.4 Å². The summed E-state index contributed by atoms with van der Waals surface area (Å²) in [6.07, 6.45) is 4.63. The van der Waals surface area contributed by atoms with Gasteiger partial charge in [-0.05, 0) is 124 Å². The topological polar surface area (TPSA) is 107 Å². The third-order valence-corrected chi connectivity index (χ3v) is 12.5. The van der Waals surface area contributed by atoms with Crippen molar-refractivity contribution in [2.45, 2.75) is 82.3 Å². The Morgan fingerprint density at radius 2 is 1.85 bits per heavy atom. The minimum Gasteiger partial charge on any atom is -0.444 e. The number of imidazole rings is 1. The molecule has 2 N–H and O–H groups in total. The fourth-order valence-corrected chi connectivity index (χ4v) is 9.05. The van der Waals surface area contributed by atoms with Crippen LogP contribution >= 0.6 is 11.6 Å².